The predicted octanol–water partition coefficient (Wildman–Crippen LogP) is 4.53. The topological polar surface area (TPSA) is 103 Å². The van der Waals surface area contributed by atoms with Crippen LogP contribution < -0.4 is 10.3 Å². The first-order valence-electron chi connectivity index (χ1n) is 10.5. The molecular formula is C24H24ClN5O3S. The van der Waals surface area contributed by atoms with Crippen molar-refractivity contribution in [1.29, 1.82) is 0 Å². The van der Waals surface area contributed by atoms with Gasteiger partial charge in [-0.25, -0.2) is 15.0 Å². The average Bonchev–Trinajstić information content (AvgIpc) is 3.21. The van der Waals surface area contributed by atoms with Crippen molar-refractivity contribution in [2.24, 2.45) is 0 Å². The second-order valence-corrected chi connectivity index (χ2v) is 9.83. The van der Waals surface area contributed by atoms with Gasteiger partial charge in [-0.2, -0.15) is 4.98 Å². The zero-order chi connectivity index (χ0) is 24.6. The Hall–Kier alpha value is -3.14. The van der Waals surface area contributed by atoms with E-state index in [9.17, 15) is 9.90 Å². The largest absolute Gasteiger partial charge is 0.470 e. The van der Waals surface area contributed by atoms with Gasteiger partial charge in [0.2, 0.25) is 5.88 Å². The van der Waals surface area contributed by atoms with Gasteiger partial charge in [-0.05, 0) is 52.3 Å². The molecule has 10 heteroatoms. The monoisotopic (exact) mass is 497 g/mol. The van der Waals surface area contributed by atoms with Gasteiger partial charge in [0.1, 0.15) is 18.0 Å². The molecule has 0 saturated heterocycles. The highest BCUT2D eigenvalue weighted by Crippen LogP contribution is 2.27. The maximum atomic E-state index is 13.3. The van der Waals surface area contributed by atoms with E-state index < -0.39 is 11.2 Å². The van der Waals surface area contributed by atoms with Crippen molar-refractivity contribution >= 4 is 22.9 Å². The molecule has 176 valence electrons. The summed E-state index contributed by atoms with van der Waals surface area (Å²) in [5.74, 6) is 0.812. The molecule has 0 unspecified atom stereocenters. The zero-order valence-electron chi connectivity index (χ0n) is 19.5. The SMILES string of the molecule is Cc1nc(COc2nc(C)n(-c3cc(-c4ccnc(C(C)(C)O)n4)ccc3C)c(=O)c2Cl)cs1. The maximum absolute atomic E-state index is 13.3. The van der Waals surface area contributed by atoms with Crippen molar-refractivity contribution in [2.75, 3.05) is 0 Å². The van der Waals surface area contributed by atoms with E-state index in [1.807, 2.05) is 37.4 Å². The average molecular weight is 498 g/mol. The Morgan fingerprint density at radius 2 is 1.91 bits per heavy atom. The number of nitrogens with zero attached hydrogens (tertiary/aromatic N) is 5. The summed E-state index contributed by atoms with van der Waals surface area (Å²) in [5, 5.41) is 13.0. The lowest BCUT2D eigenvalue weighted by molar-refractivity contribution is 0.0688. The second-order valence-electron chi connectivity index (χ2n) is 8.39. The standard InChI is InChI=1S/C24H24ClN5O3S/c1-13-6-7-16(18-8-9-26-23(29-18)24(4,5)32)10-19(13)30-14(2)27-21(20(25)22(30)31)33-11-17-12-34-15(3)28-17/h6-10,12,32H,11H2,1-5H3. The molecule has 1 aromatic carbocycles. The molecule has 3 heterocycles. The molecule has 4 aromatic rings. The van der Waals surface area contributed by atoms with Crippen molar-refractivity contribution in [3.8, 4) is 22.8 Å². The first-order valence-corrected chi connectivity index (χ1v) is 11.8. The number of ether oxygens (including phenoxy) is 1. The van der Waals surface area contributed by atoms with Crippen LogP contribution in [0.25, 0.3) is 16.9 Å². The van der Waals surface area contributed by atoms with Crippen LogP contribution in [0, 0.1) is 20.8 Å². The predicted molar refractivity (Wildman–Crippen MR) is 132 cm³/mol. The highest BCUT2D eigenvalue weighted by molar-refractivity contribution is 7.09. The number of benzene rings is 1. The molecule has 0 bridgehead atoms. The first-order chi connectivity index (χ1) is 16.0. The van der Waals surface area contributed by atoms with Crippen LogP contribution in [-0.2, 0) is 12.2 Å². The third kappa shape index (κ3) is 4.86. The lowest BCUT2D eigenvalue weighted by Crippen LogP contribution is -2.24. The van der Waals surface area contributed by atoms with Crippen molar-refractivity contribution in [2.45, 2.75) is 46.8 Å². The lowest BCUT2D eigenvalue weighted by atomic mass is 10.1. The summed E-state index contributed by atoms with van der Waals surface area (Å²) in [4.78, 5) is 30.7. The molecule has 34 heavy (non-hydrogen) atoms. The Labute approximate surface area is 205 Å². The fourth-order valence-corrected chi connectivity index (χ4v) is 4.18. The van der Waals surface area contributed by atoms with Crippen LogP contribution in [0.2, 0.25) is 5.02 Å². The van der Waals surface area contributed by atoms with E-state index in [0.29, 0.717) is 23.0 Å². The molecule has 0 radical (unpaired) electrons. The van der Waals surface area contributed by atoms with Crippen molar-refractivity contribution in [3.63, 3.8) is 0 Å². The summed E-state index contributed by atoms with van der Waals surface area (Å²) < 4.78 is 7.16. The van der Waals surface area contributed by atoms with Gasteiger partial charge in [0, 0.05) is 17.1 Å². The minimum Gasteiger partial charge on any atom is -0.470 e. The number of hydrogen-bond donors (Lipinski definition) is 1. The van der Waals surface area contributed by atoms with E-state index in [1.165, 1.54) is 15.9 Å². The molecule has 0 atom stereocenters. The van der Waals surface area contributed by atoms with Gasteiger partial charge in [-0.1, -0.05) is 23.7 Å². The summed E-state index contributed by atoms with van der Waals surface area (Å²) in [7, 11) is 0. The third-order valence-electron chi connectivity index (χ3n) is 5.14. The number of aromatic nitrogens is 5. The number of thiazole rings is 1. The minimum atomic E-state index is -1.18. The van der Waals surface area contributed by atoms with Gasteiger partial charge in [0.25, 0.3) is 5.56 Å². The summed E-state index contributed by atoms with van der Waals surface area (Å²) in [6.07, 6.45) is 1.60. The van der Waals surface area contributed by atoms with E-state index in [0.717, 1.165) is 21.8 Å². The fourth-order valence-electron chi connectivity index (χ4n) is 3.40. The van der Waals surface area contributed by atoms with E-state index in [1.54, 1.807) is 33.0 Å². The van der Waals surface area contributed by atoms with E-state index in [-0.39, 0.29) is 17.5 Å². The van der Waals surface area contributed by atoms with Gasteiger partial charge in [-0.3, -0.25) is 9.36 Å². The van der Waals surface area contributed by atoms with Crippen LogP contribution in [-0.4, -0.2) is 29.6 Å². The highest BCUT2D eigenvalue weighted by Gasteiger charge is 2.21. The zero-order valence-corrected chi connectivity index (χ0v) is 21.0. The van der Waals surface area contributed by atoms with Gasteiger partial charge in [0.15, 0.2) is 10.8 Å². The van der Waals surface area contributed by atoms with E-state index in [4.69, 9.17) is 16.3 Å². The molecule has 0 amide bonds. The number of halogens is 1. The molecule has 1 N–H and O–H groups in total. The van der Waals surface area contributed by atoms with Crippen molar-refractivity contribution < 1.29 is 9.84 Å². The molecule has 0 aliphatic heterocycles. The summed E-state index contributed by atoms with van der Waals surface area (Å²) in [6, 6.07) is 7.39. The second kappa shape index (κ2) is 9.25. The maximum Gasteiger partial charge on any atom is 0.280 e. The lowest BCUT2D eigenvalue weighted by Gasteiger charge is -2.17. The minimum absolute atomic E-state index is 0.0745. The molecule has 0 spiro atoms. The van der Waals surface area contributed by atoms with Crippen LogP contribution in [0.5, 0.6) is 5.88 Å². The van der Waals surface area contributed by atoms with E-state index in [2.05, 4.69) is 19.9 Å². The molecule has 8 nitrogen and oxygen atoms in total. The van der Waals surface area contributed by atoms with Crippen LogP contribution in [0.1, 0.15) is 41.8 Å². The fraction of sp³-hybridized carbons (Fsp3) is 0.292. The number of hydrogen-bond acceptors (Lipinski definition) is 8. The Balaban J connectivity index is 1.73. The van der Waals surface area contributed by atoms with E-state index >= 15 is 0 Å². The number of aliphatic hydroxyl groups is 1. The quantitative estimate of drug-likeness (QED) is 0.417. The summed E-state index contributed by atoms with van der Waals surface area (Å²) >= 11 is 7.90. The Morgan fingerprint density at radius 3 is 2.59 bits per heavy atom. The Kier molecular flexibility index (Phi) is 6.53. The third-order valence-corrected chi connectivity index (χ3v) is 6.28. The van der Waals surface area contributed by atoms with Crippen LogP contribution in [0.3, 0.4) is 0 Å². The normalized spacial score (nSPS) is 11.6. The summed E-state index contributed by atoms with van der Waals surface area (Å²) in [6.45, 7) is 8.96. The van der Waals surface area contributed by atoms with Gasteiger partial charge >= 0.3 is 0 Å². The van der Waals surface area contributed by atoms with Crippen molar-refractivity contribution in [3.05, 3.63) is 79.1 Å². The molecule has 0 saturated carbocycles. The Morgan fingerprint density at radius 1 is 1.15 bits per heavy atom. The van der Waals surface area contributed by atoms with Crippen molar-refractivity contribution in [1.82, 2.24) is 24.5 Å². The van der Waals surface area contributed by atoms with Crippen LogP contribution >= 0.6 is 22.9 Å². The van der Waals surface area contributed by atoms with Crippen LogP contribution in [0.4, 0.5) is 0 Å². The Bertz CT molecular complexity index is 1430. The molecule has 0 aliphatic rings. The molecule has 3 aromatic heterocycles. The molecule has 0 aliphatic carbocycles. The molecule has 0 fully saturated rings. The van der Waals surface area contributed by atoms with Gasteiger partial charge in [0.05, 0.1) is 22.1 Å². The molecular weight excluding hydrogens is 474 g/mol. The van der Waals surface area contributed by atoms with Crippen LogP contribution in [0.15, 0.2) is 40.6 Å². The van der Waals surface area contributed by atoms with Gasteiger partial charge < -0.3 is 9.84 Å². The number of aryl methyl sites for hydroxylation is 3. The van der Waals surface area contributed by atoms with Gasteiger partial charge in [-0.15, -0.1) is 11.3 Å². The first kappa shape index (κ1) is 24.0. The molecule has 4 rings (SSSR count). The summed E-state index contributed by atoms with van der Waals surface area (Å²) in [5.41, 5.74) is 2.00. The smallest absolute Gasteiger partial charge is 0.280 e. The highest BCUT2D eigenvalue weighted by atomic mass is 35.5. The number of rotatable bonds is 6.